The number of morpholine rings is 1. The zero-order valence-corrected chi connectivity index (χ0v) is 18.4. The van der Waals surface area contributed by atoms with Gasteiger partial charge in [0.2, 0.25) is 0 Å². The molecule has 0 radical (unpaired) electrons. The molecule has 2 heterocycles. The molecule has 1 saturated heterocycles. The third kappa shape index (κ3) is 5.39. The van der Waals surface area contributed by atoms with Gasteiger partial charge >= 0.3 is 0 Å². The molecule has 1 aliphatic heterocycles. The summed E-state index contributed by atoms with van der Waals surface area (Å²) in [6, 6.07) is 13.7. The fourth-order valence-corrected chi connectivity index (χ4v) is 3.77. The van der Waals surface area contributed by atoms with Crippen molar-refractivity contribution in [2.45, 2.75) is 0 Å². The van der Waals surface area contributed by atoms with Crippen molar-refractivity contribution in [3.8, 4) is 0 Å². The third-order valence-electron chi connectivity index (χ3n) is 5.62. The monoisotopic (exact) mass is 449 g/mol. The minimum Gasteiger partial charge on any atom is -0.386 e. The molecule has 0 spiro atoms. The Morgan fingerprint density at radius 3 is 2.55 bits per heavy atom. The number of anilines is 2. The molecule has 1 aromatic heterocycles. The van der Waals surface area contributed by atoms with Crippen molar-refractivity contribution in [2.75, 3.05) is 57.1 Å². The van der Waals surface area contributed by atoms with Crippen molar-refractivity contribution in [2.24, 2.45) is 0 Å². The number of nitrogens with zero attached hydrogens (tertiary/aromatic N) is 1. The number of aromatic amines is 1. The summed E-state index contributed by atoms with van der Waals surface area (Å²) in [4.78, 5) is 42.6. The van der Waals surface area contributed by atoms with Gasteiger partial charge in [0.05, 0.1) is 24.4 Å². The Bertz CT molecular complexity index is 1200. The van der Waals surface area contributed by atoms with Gasteiger partial charge in [-0.2, -0.15) is 0 Å². The van der Waals surface area contributed by atoms with E-state index in [1.54, 1.807) is 37.4 Å². The molecule has 0 bridgehead atoms. The Balaban J connectivity index is 1.37. The highest BCUT2D eigenvalue weighted by Gasteiger charge is 2.14. The Labute approximate surface area is 191 Å². The summed E-state index contributed by atoms with van der Waals surface area (Å²) in [5.41, 5.74) is 1.95. The molecule has 9 nitrogen and oxygen atoms in total. The second kappa shape index (κ2) is 10.3. The van der Waals surface area contributed by atoms with Crippen LogP contribution in [0.5, 0.6) is 0 Å². The molecule has 4 N–H and O–H groups in total. The van der Waals surface area contributed by atoms with E-state index in [0.717, 1.165) is 43.9 Å². The summed E-state index contributed by atoms with van der Waals surface area (Å²) in [7, 11) is 1.77. The number of hydrogen-bond acceptors (Lipinski definition) is 6. The Morgan fingerprint density at radius 2 is 1.82 bits per heavy atom. The highest BCUT2D eigenvalue weighted by molar-refractivity contribution is 6.06. The first-order valence-corrected chi connectivity index (χ1v) is 10.9. The topological polar surface area (TPSA) is 116 Å². The van der Waals surface area contributed by atoms with Crippen LogP contribution >= 0.6 is 0 Å². The van der Waals surface area contributed by atoms with Crippen LogP contribution in [0.25, 0.3) is 10.9 Å². The van der Waals surface area contributed by atoms with Crippen molar-refractivity contribution < 1.29 is 14.3 Å². The summed E-state index contributed by atoms with van der Waals surface area (Å²) in [5, 5.41) is 9.39. The lowest BCUT2D eigenvalue weighted by Crippen LogP contribution is -2.41. The average molecular weight is 450 g/mol. The highest BCUT2D eigenvalue weighted by Crippen LogP contribution is 2.20. The number of carbonyl (C=O) groups is 2. The van der Waals surface area contributed by atoms with Crippen LogP contribution in [-0.4, -0.2) is 68.1 Å². The van der Waals surface area contributed by atoms with Crippen LogP contribution in [0.2, 0.25) is 0 Å². The number of aromatic nitrogens is 1. The average Bonchev–Trinajstić information content (AvgIpc) is 2.84. The summed E-state index contributed by atoms with van der Waals surface area (Å²) in [6.45, 7) is 4.53. The molecular formula is C24H27N5O4. The Hall–Kier alpha value is -3.69. The van der Waals surface area contributed by atoms with Gasteiger partial charge in [-0.15, -0.1) is 0 Å². The van der Waals surface area contributed by atoms with E-state index in [1.165, 1.54) is 0 Å². The molecule has 172 valence electrons. The van der Waals surface area contributed by atoms with Crippen LogP contribution < -0.4 is 21.5 Å². The van der Waals surface area contributed by atoms with Crippen LogP contribution in [0.15, 0.2) is 53.3 Å². The number of nitrogens with one attached hydrogen (secondary N) is 4. The van der Waals surface area contributed by atoms with Crippen molar-refractivity contribution in [3.63, 3.8) is 0 Å². The zero-order valence-electron chi connectivity index (χ0n) is 18.4. The van der Waals surface area contributed by atoms with E-state index in [9.17, 15) is 14.4 Å². The predicted molar refractivity (Wildman–Crippen MR) is 128 cm³/mol. The number of rotatable bonds is 7. The van der Waals surface area contributed by atoms with Crippen molar-refractivity contribution >= 4 is 34.1 Å². The van der Waals surface area contributed by atoms with E-state index in [2.05, 4.69) is 25.8 Å². The Kier molecular flexibility index (Phi) is 7.01. The molecule has 0 saturated carbocycles. The van der Waals surface area contributed by atoms with Gasteiger partial charge in [-0.05, 0) is 36.4 Å². The lowest BCUT2D eigenvalue weighted by Gasteiger charge is -2.26. The number of pyridine rings is 1. The molecule has 33 heavy (non-hydrogen) atoms. The van der Waals surface area contributed by atoms with Crippen LogP contribution in [0.1, 0.15) is 20.7 Å². The molecule has 0 unspecified atom stereocenters. The molecule has 2 aromatic carbocycles. The maximum absolute atomic E-state index is 12.7. The first-order valence-electron chi connectivity index (χ1n) is 10.9. The summed E-state index contributed by atoms with van der Waals surface area (Å²) in [5.74, 6) is -0.692. The summed E-state index contributed by atoms with van der Waals surface area (Å²) >= 11 is 0. The lowest BCUT2D eigenvalue weighted by molar-refractivity contribution is 0.0383. The van der Waals surface area contributed by atoms with Crippen LogP contribution in [0.4, 0.5) is 11.4 Å². The largest absolute Gasteiger partial charge is 0.386 e. The first kappa shape index (κ1) is 22.5. The highest BCUT2D eigenvalue weighted by atomic mass is 16.5. The Morgan fingerprint density at radius 1 is 1.06 bits per heavy atom. The SMILES string of the molecule is CNc1cccc2cc(C(=O)Nc3ccc(C(=O)NCCN4CCOCC4)cc3)c(=O)[nH]c12. The fraction of sp³-hybridized carbons (Fsp3) is 0.292. The van der Waals surface area contributed by atoms with E-state index in [1.807, 2.05) is 18.2 Å². The number of hydrogen-bond donors (Lipinski definition) is 4. The van der Waals surface area contributed by atoms with Gasteiger partial charge in [0, 0.05) is 49.9 Å². The van der Waals surface area contributed by atoms with E-state index >= 15 is 0 Å². The van der Waals surface area contributed by atoms with E-state index in [4.69, 9.17) is 4.74 Å². The molecule has 1 aliphatic rings. The van der Waals surface area contributed by atoms with E-state index in [-0.39, 0.29) is 11.5 Å². The third-order valence-corrected chi connectivity index (χ3v) is 5.62. The molecule has 4 rings (SSSR count). The molecule has 2 amide bonds. The van der Waals surface area contributed by atoms with Gasteiger partial charge in [0.1, 0.15) is 5.56 Å². The lowest BCUT2D eigenvalue weighted by atomic mass is 10.1. The minimum atomic E-state index is -0.518. The van der Waals surface area contributed by atoms with Gasteiger partial charge in [-0.25, -0.2) is 0 Å². The molecule has 3 aromatic rings. The summed E-state index contributed by atoms with van der Waals surface area (Å²) < 4.78 is 5.32. The molecule has 9 heteroatoms. The van der Waals surface area contributed by atoms with Gasteiger partial charge in [-0.3, -0.25) is 19.3 Å². The standard InChI is InChI=1S/C24H27N5O4/c1-25-20-4-2-3-17-15-19(24(32)28-21(17)20)23(31)27-18-7-5-16(6-8-18)22(30)26-9-10-29-11-13-33-14-12-29/h2-8,15,25H,9-14H2,1H3,(H,26,30)(H,27,31)(H,28,32). The second-order valence-corrected chi connectivity index (χ2v) is 7.77. The summed E-state index contributed by atoms with van der Waals surface area (Å²) in [6.07, 6.45) is 0. The number of benzene rings is 2. The van der Waals surface area contributed by atoms with Gasteiger partial charge < -0.3 is 25.7 Å². The van der Waals surface area contributed by atoms with Crippen LogP contribution in [-0.2, 0) is 4.74 Å². The molecule has 0 aliphatic carbocycles. The number of ether oxygens (including phenoxy) is 1. The number of fused-ring (bicyclic) bond motifs is 1. The molecular weight excluding hydrogens is 422 g/mol. The van der Waals surface area contributed by atoms with E-state index < -0.39 is 11.5 Å². The van der Waals surface area contributed by atoms with Gasteiger partial charge in [0.15, 0.2) is 0 Å². The van der Waals surface area contributed by atoms with Crippen LogP contribution in [0, 0.1) is 0 Å². The number of carbonyl (C=O) groups excluding carboxylic acids is 2. The van der Waals surface area contributed by atoms with Gasteiger partial charge in [-0.1, -0.05) is 12.1 Å². The number of amides is 2. The van der Waals surface area contributed by atoms with E-state index in [0.29, 0.717) is 23.3 Å². The number of H-pyrrole nitrogens is 1. The van der Waals surface area contributed by atoms with Crippen molar-refractivity contribution in [1.29, 1.82) is 0 Å². The smallest absolute Gasteiger partial charge is 0.261 e. The molecule has 1 fully saturated rings. The van der Waals surface area contributed by atoms with Crippen molar-refractivity contribution in [3.05, 3.63) is 70.0 Å². The maximum atomic E-state index is 12.7. The fourth-order valence-electron chi connectivity index (χ4n) is 3.77. The maximum Gasteiger partial charge on any atom is 0.261 e. The molecule has 0 atom stereocenters. The predicted octanol–water partition coefficient (Wildman–Crippen LogP) is 1.88. The normalized spacial score (nSPS) is 14.1. The van der Waals surface area contributed by atoms with Crippen LogP contribution in [0.3, 0.4) is 0 Å². The zero-order chi connectivity index (χ0) is 23.2. The van der Waals surface area contributed by atoms with Gasteiger partial charge in [0.25, 0.3) is 17.4 Å². The first-order chi connectivity index (χ1) is 16.0. The number of para-hydroxylation sites is 1. The quantitative estimate of drug-likeness (QED) is 0.438. The minimum absolute atomic E-state index is 0.0145. The second-order valence-electron chi connectivity index (χ2n) is 7.77. The van der Waals surface area contributed by atoms with Crippen molar-refractivity contribution in [1.82, 2.24) is 15.2 Å².